The fourth-order valence-electron chi connectivity index (χ4n) is 3.57. The summed E-state index contributed by atoms with van der Waals surface area (Å²) in [7, 11) is -3.36. The Bertz CT molecular complexity index is 706. The predicted octanol–water partition coefficient (Wildman–Crippen LogP) is 2.09. The predicted molar refractivity (Wildman–Crippen MR) is 97.7 cm³/mol. The molecule has 1 saturated heterocycles. The molecule has 1 heterocycles. The van der Waals surface area contributed by atoms with E-state index in [9.17, 15) is 13.2 Å². The topological polar surface area (TPSA) is 69.7 Å². The van der Waals surface area contributed by atoms with E-state index in [1.54, 1.807) is 4.90 Å². The highest BCUT2D eigenvalue weighted by Gasteiger charge is 2.30. The van der Waals surface area contributed by atoms with Crippen LogP contribution in [0.4, 0.5) is 4.79 Å². The SMILES string of the molecule is Cc1ccccc1CS(=O)(=O)N1CCN(C(=O)NC2CCCC2)CC1. The molecule has 1 aromatic carbocycles. The van der Waals surface area contributed by atoms with Crippen molar-refractivity contribution in [2.75, 3.05) is 26.2 Å². The standard InChI is InChI=1S/C18H27N3O3S/c1-15-6-2-3-7-16(15)14-25(23,24)21-12-10-20(11-13-21)18(22)19-17-8-4-5-9-17/h2-3,6-7,17H,4-5,8-14H2,1H3,(H,19,22). The lowest BCUT2D eigenvalue weighted by atomic mass is 10.1. The molecule has 25 heavy (non-hydrogen) atoms. The number of rotatable bonds is 4. The third kappa shape index (κ3) is 4.52. The van der Waals surface area contributed by atoms with E-state index >= 15 is 0 Å². The highest BCUT2D eigenvalue weighted by molar-refractivity contribution is 7.88. The van der Waals surface area contributed by atoms with Crippen molar-refractivity contribution in [3.05, 3.63) is 35.4 Å². The van der Waals surface area contributed by atoms with Crippen LogP contribution < -0.4 is 5.32 Å². The van der Waals surface area contributed by atoms with Crippen molar-refractivity contribution in [2.45, 2.75) is 44.4 Å². The molecule has 0 spiro atoms. The number of nitrogens with zero attached hydrogens (tertiary/aromatic N) is 2. The first-order chi connectivity index (χ1) is 12.0. The molecule has 2 amide bonds. The average Bonchev–Trinajstić information content (AvgIpc) is 3.10. The van der Waals surface area contributed by atoms with Crippen LogP contribution >= 0.6 is 0 Å². The summed E-state index contributed by atoms with van der Waals surface area (Å²) in [6.07, 6.45) is 4.46. The number of carbonyl (C=O) groups is 1. The molecule has 0 aromatic heterocycles. The molecule has 6 nitrogen and oxygen atoms in total. The van der Waals surface area contributed by atoms with E-state index in [2.05, 4.69) is 5.32 Å². The van der Waals surface area contributed by atoms with Crippen molar-refractivity contribution in [1.82, 2.24) is 14.5 Å². The van der Waals surface area contributed by atoms with E-state index in [4.69, 9.17) is 0 Å². The Morgan fingerprint density at radius 2 is 1.76 bits per heavy atom. The number of piperazine rings is 1. The second-order valence-electron chi connectivity index (χ2n) is 7.00. The average molecular weight is 365 g/mol. The van der Waals surface area contributed by atoms with E-state index < -0.39 is 10.0 Å². The highest BCUT2D eigenvalue weighted by atomic mass is 32.2. The van der Waals surface area contributed by atoms with Crippen LogP contribution in [0.3, 0.4) is 0 Å². The van der Waals surface area contributed by atoms with Gasteiger partial charge in [-0.25, -0.2) is 13.2 Å². The zero-order chi connectivity index (χ0) is 17.9. The first-order valence-electron chi connectivity index (χ1n) is 9.03. The summed E-state index contributed by atoms with van der Waals surface area (Å²) in [5, 5.41) is 3.07. The quantitative estimate of drug-likeness (QED) is 0.888. The summed E-state index contributed by atoms with van der Waals surface area (Å²) < 4.78 is 26.9. The summed E-state index contributed by atoms with van der Waals surface area (Å²) in [5.74, 6) is 0.0218. The molecule has 2 aliphatic rings. The molecular weight excluding hydrogens is 338 g/mol. The van der Waals surface area contributed by atoms with Gasteiger partial charge >= 0.3 is 6.03 Å². The van der Waals surface area contributed by atoms with Gasteiger partial charge in [-0.1, -0.05) is 37.1 Å². The molecule has 0 bridgehead atoms. The van der Waals surface area contributed by atoms with Gasteiger partial charge in [0.05, 0.1) is 5.75 Å². The number of benzene rings is 1. The summed E-state index contributed by atoms with van der Waals surface area (Å²) in [4.78, 5) is 14.0. The number of nitrogens with one attached hydrogen (secondary N) is 1. The summed E-state index contributed by atoms with van der Waals surface area (Å²) in [6.45, 7) is 3.56. The molecular formula is C18H27N3O3S. The smallest absolute Gasteiger partial charge is 0.317 e. The van der Waals surface area contributed by atoms with Gasteiger partial charge in [0.1, 0.15) is 0 Å². The van der Waals surface area contributed by atoms with Gasteiger partial charge in [-0.15, -0.1) is 0 Å². The molecule has 3 rings (SSSR count). The van der Waals surface area contributed by atoms with Crippen LogP contribution in [0, 0.1) is 6.92 Å². The van der Waals surface area contributed by atoms with Crippen LogP contribution in [0.15, 0.2) is 24.3 Å². The maximum atomic E-state index is 12.7. The van der Waals surface area contributed by atoms with Crippen molar-refractivity contribution in [3.8, 4) is 0 Å². The Morgan fingerprint density at radius 1 is 1.12 bits per heavy atom. The van der Waals surface area contributed by atoms with Crippen LogP contribution in [0.25, 0.3) is 0 Å². The number of hydrogen-bond acceptors (Lipinski definition) is 3. The van der Waals surface area contributed by atoms with Crippen LogP contribution in [-0.4, -0.2) is 55.9 Å². The minimum atomic E-state index is -3.36. The van der Waals surface area contributed by atoms with E-state index in [-0.39, 0.29) is 17.8 Å². The van der Waals surface area contributed by atoms with Gasteiger partial charge in [0.15, 0.2) is 0 Å². The summed E-state index contributed by atoms with van der Waals surface area (Å²) in [6, 6.07) is 7.79. The summed E-state index contributed by atoms with van der Waals surface area (Å²) >= 11 is 0. The van der Waals surface area contributed by atoms with Gasteiger partial charge in [-0.2, -0.15) is 4.31 Å². The van der Waals surface area contributed by atoms with Crippen molar-refractivity contribution in [2.24, 2.45) is 0 Å². The fraction of sp³-hybridized carbons (Fsp3) is 0.611. The monoisotopic (exact) mass is 365 g/mol. The van der Waals surface area contributed by atoms with Crippen LogP contribution in [0.5, 0.6) is 0 Å². The molecule has 7 heteroatoms. The van der Waals surface area contributed by atoms with E-state index in [0.29, 0.717) is 26.2 Å². The summed E-state index contributed by atoms with van der Waals surface area (Å²) in [5.41, 5.74) is 1.82. The largest absolute Gasteiger partial charge is 0.335 e. The first kappa shape index (κ1) is 18.2. The Hall–Kier alpha value is -1.60. The Morgan fingerprint density at radius 3 is 2.40 bits per heavy atom. The molecule has 1 aliphatic heterocycles. The van der Waals surface area contributed by atoms with Gasteiger partial charge in [0.2, 0.25) is 10.0 Å². The van der Waals surface area contributed by atoms with Gasteiger partial charge in [-0.05, 0) is 30.9 Å². The number of urea groups is 1. The van der Waals surface area contributed by atoms with Crippen molar-refractivity contribution < 1.29 is 13.2 Å². The first-order valence-corrected chi connectivity index (χ1v) is 10.6. The molecule has 1 saturated carbocycles. The van der Waals surface area contributed by atoms with Crippen LogP contribution in [-0.2, 0) is 15.8 Å². The molecule has 0 atom stereocenters. The molecule has 1 aliphatic carbocycles. The van der Waals surface area contributed by atoms with E-state index in [0.717, 1.165) is 24.0 Å². The Balaban J connectivity index is 1.54. The third-order valence-corrected chi connectivity index (χ3v) is 7.03. The van der Waals surface area contributed by atoms with E-state index in [1.165, 1.54) is 17.1 Å². The number of hydrogen-bond donors (Lipinski definition) is 1. The van der Waals surface area contributed by atoms with Crippen molar-refractivity contribution in [3.63, 3.8) is 0 Å². The van der Waals surface area contributed by atoms with Gasteiger partial charge in [0, 0.05) is 32.2 Å². The minimum absolute atomic E-state index is 0.0218. The minimum Gasteiger partial charge on any atom is -0.335 e. The zero-order valence-electron chi connectivity index (χ0n) is 14.8. The lowest BCUT2D eigenvalue weighted by Gasteiger charge is -2.34. The van der Waals surface area contributed by atoms with Gasteiger partial charge in [-0.3, -0.25) is 0 Å². The molecule has 0 radical (unpaired) electrons. The van der Waals surface area contributed by atoms with Crippen molar-refractivity contribution >= 4 is 16.1 Å². The maximum Gasteiger partial charge on any atom is 0.317 e. The van der Waals surface area contributed by atoms with E-state index in [1.807, 2.05) is 31.2 Å². The second kappa shape index (κ2) is 7.74. The molecule has 1 aromatic rings. The van der Waals surface area contributed by atoms with Gasteiger partial charge in [0.25, 0.3) is 0 Å². The normalized spacial score (nSPS) is 20.0. The Kier molecular flexibility index (Phi) is 5.64. The lowest BCUT2D eigenvalue weighted by molar-refractivity contribution is 0.169. The van der Waals surface area contributed by atoms with Crippen molar-refractivity contribution in [1.29, 1.82) is 0 Å². The second-order valence-corrected chi connectivity index (χ2v) is 8.97. The molecule has 0 unspecified atom stereocenters. The number of carbonyl (C=O) groups excluding carboxylic acids is 1. The van der Waals surface area contributed by atoms with Crippen LogP contribution in [0.1, 0.15) is 36.8 Å². The lowest BCUT2D eigenvalue weighted by Crippen LogP contribution is -2.54. The van der Waals surface area contributed by atoms with Gasteiger partial charge < -0.3 is 10.2 Å². The number of aryl methyl sites for hydroxylation is 1. The molecule has 138 valence electrons. The highest BCUT2D eigenvalue weighted by Crippen LogP contribution is 2.19. The number of amides is 2. The number of sulfonamides is 1. The molecule has 1 N–H and O–H groups in total. The molecule has 2 fully saturated rings. The zero-order valence-corrected chi connectivity index (χ0v) is 15.6. The third-order valence-electron chi connectivity index (χ3n) is 5.20. The maximum absolute atomic E-state index is 12.7. The van der Waals surface area contributed by atoms with Crippen LogP contribution in [0.2, 0.25) is 0 Å². The fourth-order valence-corrected chi connectivity index (χ4v) is 5.18. The Labute approximate surface area is 150 Å².